The Morgan fingerprint density at radius 1 is 0.786 bits per heavy atom. The lowest BCUT2D eigenvalue weighted by Gasteiger charge is -2.09. The van der Waals surface area contributed by atoms with Crippen LogP contribution in [0.15, 0.2) is 96.2 Å². The van der Waals surface area contributed by atoms with E-state index in [1.165, 1.54) is 17.7 Å². The minimum atomic E-state index is -0.306. The minimum Gasteiger partial charge on any atom is -0.439 e. The van der Waals surface area contributed by atoms with Gasteiger partial charge in [0.2, 0.25) is 5.88 Å². The van der Waals surface area contributed by atoms with E-state index in [0.29, 0.717) is 16.8 Å². The molecule has 1 heterocycles. The Bertz CT molecular complexity index is 1040. The van der Waals surface area contributed by atoms with Gasteiger partial charge in [-0.2, -0.15) is 4.98 Å². The second-order valence-electron chi connectivity index (χ2n) is 6.07. The normalized spacial score (nSPS) is 10.6. The second kappa shape index (κ2) is 8.67. The maximum Gasteiger partial charge on any atom is 0.223 e. The molecule has 3 aromatic carbocycles. The third kappa shape index (κ3) is 4.75. The topological polar surface area (TPSA) is 35.0 Å². The number of hydrogen-bond donors (Lipinski definition) is 0. The van der Waals surface area contributed by atoms with Gasteiger partial charge in [-0.15, -0.1) is 0 Å². The Morgan fingerprint density at radius 3 is 2.18 bits per heavy atom. The fourth-order valence-electron chi connectivity index (χ4n) is 2.62. The van der Waals surface area contributed by atoms with Crippen LogP contribution in [0.4, 0.5) is 4.39 Å². The van der Waals surface area contributed by atoms with Crippen molar-refractivity contribution < 1.29 is 9.13 Å². The van der Waals surface area contributed by atoms with E-state index in [4.69, 9.17) is 4.74 Å². The Balaban J connectivity index is 1.63. The van der Waals surface area contributed by atoms with E-state index in [0.717, 1.165) is 17.0 Å². The van der Waals surface area contributed by atoms with Gasteiger partial charge in [0.15, 0.2) is 5.16 Å². The van der Waals surface area contributed by atoms with Crippen molar-refractivity contribution >= 4 is 11.8 Å². The van der Waals surface area contributed by atoms with Gasteiger partial charge in [-0.1, -0.05) is 72.4 Å². The van der Waals surface area contributed by atoms with Crippen LogP contribution in [0, 0.1) is 5.82 Å². The molecule has 0 bridgehead atoms. The highest BCUT2D eigenvalue weighted by atomic mass is 32.2. The molecule has 3 nitrogen and oxygen atoms in total. The van der Waals surface area contributed by atoms with E-state index in [-0.39, 0.29) is 5.82 Å². The van der Waals surface area contributed by atoms with Crippen LogP contribution in [0.3, 0.4) is 0 Å². The van der Waals surface area contributed by atoms with Crippen molar-refractivity contribution in [2.24, 2.45) is 0 Å². The van der Waals surface area contributed by atoms with Gasteiger partial charge >= 0.3 is 0 Å². The molecule has 0 saturated carbocycles. The maximum absolute atomic E-state index is 13.2. The summed E-state index contributed by atoms with van der Waals surface area (Å²) < 4.78 is 19.0. The van der Waals surface area contributed by atoms with E-state index < -0.39 is 0 Å². The molecule has 0 amide bonds. The van der Waals surface area contributed by atoms with Crippen LogP contribution in [0.2, 0.25) is 0 Å². The van der Waals surface area contributed by atoms with Crippen molar-refractivity contribution in [3.05, 3.63) is 102 Å². The molecule has 0 spiro atoms. The summed E-state index contributed by atoms with van der Waals surface area (Å²) in [6.45, 7) is 0. The summed E-state index contributed by atoms with van der Waals surface area (Å²) in [4.78, 5) is 9.21. The van der Waals surface area contributed by atoms with Crippen molar-refractivity contribution in [3.63, 3.8) is 0 Å². The van der Waals surface area contributed by atoms with E-state index >= 15 is 0 Å². The molecule has 0 unspecified atom stereocenters. The van der Waals surface area contributed by atoms with E-state index in [1.807, 2.05) is 48.5 Å². The minimum absolute atomic E-state index is 0.306. The first kappa shape index (κ1) is 18.2. The molecular weight excluding hydrogens is 371 g/mol. The third-order valence-corrected chi connectivity index (χ3v) is 4.92. The van der Waals surface area contributed by atoms with E-state index in [1.54, 1.807) is 30.0 Å². The van der Waals surface area contributed by atoms with Gasteiger partial charge in [-0.25, -0.2) is 9.37 Å². The van der Waals surface area contributed by atoms with Crippen LogP contribution in [0.25, 0.3) is 11.3 Å². The number of ether oxygens (including phenoxy) is 1. The lowest BCUT2D eigenvalue weighted by atomic mass is 10.1. The smallest absolute Gasteiger partial charge is 0.223 e. The number of aromatic nitrogens is 2. The van der Waals surface area contributed by atoms with Gasteiger partial charge in [0.25, 0.3) is 0 Å². The number of nitrogens with zero attached hydrogens (tertiary/aromatic N) is 2. The van der Waals surface area contributed by atoms with Crippen LogP contribution in [-0.2, 0) is 5.75 Å². The molecule has 0 fully saturated rings. The average molecular weight is 388 g/mol. The molecule has 0 atom stereocenters. The van der Waals surface area contributed by atoms with Gasteiger partial charge in [-0.3, -0.25) is 0 Å². The zero-order valence-electron chi connectivity index (χ0n) is 15.0. The summed E-state index contributed by atoms with van der Waals surface area (Å²) in [5, 5.41) is 0.627. The van der Waals surface area contributed by atoms with Crippen molar-refractivity contribution in [1.29, 1.82) is 0 Å². The standard InChI is InChI=1S/C23H17FN2OS/c24-19-11-13-20(14-12-19)27-22-15-21(18-9-5-2-6-10-18)25-23(26-22)28-16-17-7-3-1-4-8-17/h1-15H,16H2. The van der Waals surface area contributed by atoms with Crippen molar-refractivity contribution in [2.75, 3.05) is 0 Å². The molecule has 5 heteroatoms. The lowest BCUT2D eigenvalue weighted by molar-refractivity contribution is 0.454. The van der Waals surface area contributed by atoms with Crippen molar-refractivity contribution in [2.45, 2.75) is 10.9 Å². The summed E-state index contributed by atoms with van der Waals surface area (Å²) in [5.74, 6) is 1.41. The van der Waals surface area contributed by atoms with Crippen LogP contribution >= 0.6 is 11.8 Å². The summed E-state index contributed by atoms with van der Waals surface area (Å²) in [6, 6.07) is 27.7. The molecule has 1 aromatic heterocycles. The Kier molecular flexibility index (Phi) is 5.64. The van der Waals surface area contributed by atoms with Crippen LogP contribution in [0.1, 0.15) is 5.56 Å². The highest BCUT2D eigenvalue weighted by molar-refractivity contribution is 7.98. The number of thioether (sulfide) groups is 1. The molecule has 0 aliphatic carbocycles. The first-order valence-corrected chi connectivity index (χ1v) is 9.79. The number of benzene rings is 3. The van der Waals surface area contributed by atoms with Gasteiger partial charge in [0.05, 0.1) is 5.69 Å². The highest BCUT2D eigenvalue weighted by Crippen LogP contribution is 2.29. The maximum atomic E-state index is 13.2. The van der Waals surface area contributed by atoms with Crippen molar-refractivity contribution in [3.8, 4) is 22.9 Å². The number of rotatable bonds is 6. The molecule has 0 N–H and O–H groups in total. The zero-order valence-corrected chi connectivity index (χ0v) is 15.8. The fourth-order valence-corrected chi connectivity index (χ4v) is 3.43. The third-order valence-electron chi connectivity index (χ3n) is 4.00. The zero-order chi connectivity index (χ0) is 19.2. The first-order valence-electron chi connectivity index (χ1n) is 8.81. The molecule has 4 aromatic rings. The van der Waals surface area contributed by atoms with Crippen molar-refractivity contribution in [1.82, 2.24) is 9.97 Å². The van der Waals surface area contributed by atoms with E-state index in [9.17, 15) is 4.39 Å². The van der Waals surface area contributed by atoms with Gasteiger partial charge in [-0.05, 0) is 29.8 Å². The molecule has 4 rings (SSSR count). The molecule has 138 valence electrons. The molecular formula is C23H17FN2OS. The summed E-state index contributed by atoms with van der Waals surface area (Å²) in [5.41, 5.74) is 2.96. The number of halogens is 1. The summed E-state index contributed by atoms with van der Waals surface area (Å²) in [6.07, 6.45) is 0. The predicted octanol–water partition coefficient (Wildman–Crippen LogP) is 6.37. The Hall–Kier alpha value is -3.18. The quantitative estimate of drug-likeness (QED) is 0.284. The second-order valence-corrected chi connectivity index (χ2v) is 7.01. The monoisotopic (exact) mass is 388 g/mol. The van der Waals surface area contributed by atoms with Crippen LogP contribution < -0.4 is 4.74 Å². The largest absolute Gasteiger partial charge is 0.439 e. The molecule has 0 aliphatic rings. The lowest BCUT2D eigenvalue weighted by Crippen LogP contribution is -1.96. The molecule has 0 aliphatic heterocycles. The summed E-state index contributed by atoms with van der Waals surface area (Å²) in [7, 11) is 0. The van der Waals surface area contributed by atoms with Crippen LogP contribution in [0.5, 0.6) is 11.6 Å². The molecule has 28 heavy (non-hydrogen) atoms. The number of hydrogen-bond acceptors (Lipinski definition) is 4. The average Bonchev–Trinajstić information content (AvgIpc) is 2.75. The molecule has 0 radical (unpaired) electrons. The predicted molar refractivity (Wildman–Crippen MR) is 110 cm³/mol. The Labute approximate surface area is 167 Å². The van der Waals surface area contributed by atoms with Crippen LogP contribution in [-0.4, -0.2) is 9.97 Å². The van der Waals surface area contributed by atoms with Gasteiger partial charge < -0.3 is 4.74 Å². The fraction of sp³-hybridized carbons (Fsp3) is 0.0435. The van der Waals surface area contributed by atoms with E-state index in [2.05, 4.69) is 22.1 Å². The Morgan fingerprint density at radius 2 is 1.46 bits per heavy atom. The molecule has 0 saturated heterocycles. The van der Waals surface area contributed by atoms with Gasteiger partial charge in [0, 0.05) is 17.4 Å². The summed E-state index contributed by atoms with van der Waals surface area (Å²) >= 11 is 1.55. The van der Waals surface area contributed by atoms with Gasteiger partial charge in [0.1, 0.15) is 11.6 Å². The first-order chi connectivity index (χ1) is 13.8. The SMILES string of the molecule is Fc1ccc(Oc2cc(-c3ccccc3)nc(SCc3ccccc3)n2)cc1. The highest BCUT2D eigenvalue weighted by Gasteiger charge is 2.10.